The summed E-state index contributed by atoms with van der Waals surface area (Å²) in [6, 6.07) is 0.687. The van der Waals surface area contributed by atoms with Gasteiger partial charge in [0.15, 0.2) is 0 Å². The standard InChI is InChI=1S/C16H32N2/c1-14(2)8-6-7-9-16(5)18-12-10-17(11-13-18)15(3)4/h14-15H,5-13H2,1-4H3. The van der Waals surface area contributed by atoms with Crippen LogP contribution in [0, 0.1) is 5.92 Å². The van der Waals surface area contributed by atoms with Gasteiger partial charge in [-0.15, -0.1) is 0 Å². The highest BCUT2D eigenvalue weighted by molar-refractivity contribution is 4.96. The molecule has 1 saturated heterocycles. The van der Waals surface area contributed by atoms with E-state index >= 15 is 0 Å². The summed E-state index contributed by atoms with van der Waals surface area (Å²) in [4.78, 5) is 5.05. The van der Waals surface area contributed by atoms with Crippen LogP contribution in [0.1, 0.15) is 53.4 Å². The third-order valence-corrected chi connectivity index (χ3v) is 3.99. The Hall–Kier alpha value is -0.500. The lowest BCUT2D eigenvalue weighted by molar-refractivity contribution is 0.128. The zero-order valence-electron chi connectivity index (χ0n) is 12.9. The van der Waals surface area contributed by atoms with Gasteiger partial charge < -0.3 is 4.90 Å². The second kappa shape index (κ2) is 7.83. The topological polar surface area (TPSA) is 6.48 Å². The minimum atomic E-state index is 0.687. The summed E-state index contributed by atoms with van der Waals surface area (Å²) in [6.45, 7) is 18.2. The molecule has 2 nitrogen and oxygen atoms in total. The van der Waals surface area contributed by atoms with Crippen LogP contribution in [-0.2, 0) is 0 Å². The predicted octanol–water partition coefficient (Wildman–Crippen LogP) is 3.74. The second-order valence-corrected chi connectivity index (χ2v) is 6.32. The van der Waals surface area contributed by atoms with Crippen molar-refractivity contribution in [2.24, 2.45) is 5.92 Å². The molecule has 0 saturated carbocycles. The Labute approximate surface area is 114 Å². The lowest BCUT2D eigenvalue weighted by Gasteiger charge is -2.39. The number of hydrogen-bond acceptors (Lipinski definition) is 2. The molecule has 0 spiro atoms. The summed E-state index contributed by atoms with van der Waals surface area (Å²) in [7, 11) is 0. The maximum Gasteiger partial charge on any atom is 0.0303 e. The van der Waals surface area contributed by atoms with Gasteiger partial charge in [0.25, 0.3) is 0 Å². The molecule has 0 amide bonds. The molecule has 0 unspecified atom stereocenters. The van der Waals surface area contributed by atoms with E-state index in [0.717, 1.165) is 5.92 Å². The van der Waals surface area contributed by atoms with Crippen LogP contribution in [0.25, 0.3) is 0 Å². The lowest BCUT2D eigenvalue weighted by atomic mass is 10.0. The molecule has 0 radical (unpaired) electrons. The largest absolute Gasteiger partial charge is 0.373 e. The van der Waals surface area contributed by atoms with Gasteiger partial charge in [0.05, 0.1) is 0 Å². The molecule has 0 atom stereocenters. The molecule has 0 aliphatic carbocycles. The Bertz CT molecular complexity index is 237. The van der Waals surface area contributed by atoms with E-state index in [1.165, 1.54) is 57.6 Å². The number of nitrogens with zero attached hydrogens (tertiary/aromatic N) is 2. The van der Waals surface area contributed by atoms with E-state index in [2.05, 4.69) is 44.1 Å². The third-order valence-electron chi connectivity index (χ3n) is 3.99. The first-order chi connectivity index (χ1) is 8.50. The van der Waals surface area contributed by atoms with E-state index in [4.69, 9.17) is 0 Å². The number of hydrogen-bond donors (Lipinski definition) is 0. The fraction of sp³-hybridized carbons (Fsp3) is 0.875. The summed E-state index contributed by atoms with van der Waals surface area (Å²) in [6.07, 6.45) is 5.20. The van der Waals surface area contributed by atoms with Crippen LogP contribution >= 0.6 is 0 Å². The Morgan fingerprint density at radius 2 is 1.61 bits per heavy atom. The highest BCUT2D eigenvalue weighted by atomic mass is 15.3. The SMILES string of the molecule is C=C(CCCCC(C)C)N1CCN(C(C)C)CC1. The molecule has 0 N–H and O–H groups in total. The van der Waals surface area contributed by atoms with Crippen LogP contribution < -0.4 is 0 Å². The minimum absolute atomic E-state index is 0.687. The monoisotopic (exact) mass is 252 g/mol. The molecule has 0 aromatic carbocycles. The van der Waals surface area contributed by atoms with Crippen molar-refractivity contribution in [3.63, 3.8) is 0 Å². The first kappa shape index (κ1) is 15.6. The molecule has 0 bridgehead atoms. The van der Waals surface area contributed by atoms with Crippen molar-refractivity contribution < 1.29 is 0 Å². The molecule has 1 aliphatic heterocycles. The van der Waals surface area contributed by atoms with Crippen LogP contribution in [0.2, 0.25) is 0 Å². The van der Waals surface area contributed by atoms with Crippen LogP contribution in [0.5, 0.6) is 0 Å². The molecule has 1 rings (SSSR count). The molecule has 0 aromatic heterocycles. The Morgan fingerprint density at radius 1 is 1.00 bits per heavy atom. The maximum absolute atomic E-state index is 4.27. The van der Waals surface area contributed by atoms with E-state index in [0.29, 0.717) is 6.04 Å². The van der Waals surface area contributed by atoms with E-state index in [1.54, 1.807) is 0 Å². The quantitative estimate of drug-likeness (QED) is 0.637. The van der Waals surface area contributed by atoms with Crippen molar-refractivity contribution in [3.05, 3.63) is 12.3 Å². The zero-order chi connectivity index (χ0) is 13.5. The molecule has 0 aromatic rings. The highest BCUT2D eigenvalue weighted by Crippen LogP contribution is 2.17. The van der Waals surface area contributed by atoms with Gasteiger partial charge >= 0.3 is 0 Å². The summed E-state index contributed by atoms with van der Waals surface area (Å²) in [5.74, 6) is 0.841. The Balaban J connectivity index is 2.16. The molecule has 1 heterocycles. The number of piperazine rings is 1. The van der Waals surface area contributed by atoms with Crippen molar-refractivity contribution in [3.8, 4) is 0 Å². The number of rotatable bonds is 7. The summed E-state index contributed by atoms with van der Waals surface area (Å²) in [5, 5.41) is 0. The minimum Gasteiger partial charge on any atom is -0.373 e. The zero-order valence-corrected chi connectivity index (χ0v) is 12.9. The lowest BCUT2D eigenvalue weighted by Crippen LogP contribution is -2.48. The summed E-state index contributed by atoms with van der Waals surface area (Å²) < 4.78 is 0. The van der Waals surface area contributed by atoms with Crippen molar-refractivity contribution >= 4 is 0 Å². The fourth-order valence-corrected chi connectivity index (χ4v) is 2.59. The van der Waals surface area contributed by atoms with E-state index in [1.807, 2.05) is 0 Å². The first-order valence-corrected chi connectivity index (χ1v) is 7.67. The predicted molar refractivity (Wildman–Crippen MR) is 80.7 cm³/mol. The molecule has 1 fully saturated rings. The average Bonchev–Trinajstić information content (AvgIpc) is 2.34. The molecular formula is C16H32N2. The molecule has 106 valence electrons. The normalized spacial score (nSPS) is 17.8. The first-order valence-electron chi connectivity index (χ1n) is 7.67. The number of allylic oxidation sites excluding steroid dienone is 1. The van der Waals surface area contributed by atoms with E-state index in [9.17, 15) is 0 Å². The van der Waals surface area contributed by atoms with Gasteiger partial charge in [-0.25, -0.2) is 0 Å². The van der Waals surface area contributed by atoms with Gasteiger partial charge in [-0.3, -0.25) is 4.90 Å². The van der Waals surface area contributed by atoms with Gasteiger partial charge in [-0.05, 0) is 32.6 Å². The molecule has 2 heteroatoms. The van der Waals surface area contributed by atoms with Crippen LogP contribution in [-0.4, -0.2) is 42.0 Å². The smallest absolute Gasteiger partial charge is 0.0303 e. The van der Waals surface area contributed by atoms with Crippen LogP contribution in [0.15, 0.2) is 12.3 Å². The molecule has 1 aliphatic rings. The second-order valence-electron chi connectivity index (χ2n) is 6.32. The van der Waals surface area contributed by atoms with E-state index < -0.39 is 0 Å². The van der Waals surface area contributed by atoms with Crippen LogP contribution in [0.3, 0.4) is 0 Å². The number of unbranched alkanes of at least 4 members (excludes halogenated alkanes) is 1. The van der Waals surface area contributed by atoms with E-state index in [-0.39, 0.29) is 0 Å². The Morgan fingerprint density at radius 3 is 2.11 bits per heavy atom. The van der Waals surface area contributed by atoms with Gasteiger partial charge in [-0.2, -0.15) is 0 Å². The van der Waals surface area contributed by atoms with Gasteiger partial charge in [0.1, 0.15) is 0 Å². The summed E-state index contributed by atoms with van der Waals surface area (Å²) >= 11 is 0. The molecule has 18 heavy (non-hydrogen) atoms. The fourth-order valence-electron chi connectivity index (χ4n) is 2.59. The van der Waals surface area contributed by atoms with Gasteiger partial charge in [0.2, 0.25) is 0 Å². The summed E-state index contributed by atoms with van der Waals surface area (Å²) in [5.41, 5.74) is 1.36. The highest BCUT2D eigenvalue weighted by Gasteiger charge is 2.19. The molecular weight excluding hydrogens is 220 g/mol. The van der Waals surface area contributed by atoms with Crippen molar-refractivity contribution in [2.75, 3.05) is 26.2 Å². The van der Waals surface area contributed by atoms with Gasteiger partial charge in [-0.1, -0.05) is 33.3 Å². The van der Waals surface area contributed by atoms with Crippen molar-refractivity contribution in [1.29, 1.82) is 0 Å². The van der Waals surface area contributed by atoms with Gasteiger partial charge in [0, 0.05) is 37.9 Å². The van der Waals surface area contributed by atoms with Crippen molar-refractivity contribution in [1.82, 2.24) is 9.80 Å². The Kier molecular flexibility index (Phi) is 6.77. The maximum atomic E-state index is 4.27. The van der Waals surface area contributed by atoms with Crippen LogP contribution in [0.4, 0.5) is 0 Å². The third kappa shape index (κ3) is 5.43. The average molecular weight is 252 g/mol. The van der Waals surface area contributed by atoms with Crippen molar-refractivity contribution in [2.45, 2.75) is 59.4 Å².